The molecular formula is C11H20O5. The van der Waals surface area contributed by atoms with Gasteiger partial charge in [0.25, 0.3) is 0 Å². The van der Waals surface area contributed by atoms with Crippen LogP contribution in [0, 0.1) is 0 Å². The van der Waals surface area contributed by atoms with E-state index in [2.05, 4.69) is 0 Å². The Hall–Kier alpha value is -0.940. The number of hydrogen-bond donors (Lipinski definition) is 0. The minimum Gasteiger partial charge on any atom is -0.466 e. The first-order valence-corrected chi connectivity index (χ1v) is 5.38. The number of ketones is 1. The predicted molar refractivity (Wildman–Crippen MR) is 58.2 cm³/mol. The molecule has 0 aliphatic carbocycles. The van der Waals surface area contributed by atoms with Crippen LogP contribution in [0.3, 0.4) is 0 Å². The molecule has 5 heteroatoms. The maximum Gasteiger partial charge on any atom is 0.306 e. The van der Waals surface area contributed by atoms with Gasteiger partial charge in [0, 0.05) is 13.5 Å². The monoisotopic (exact) mass is 232 g/mol. The van der Waals surface area contributed by atoms with Crippen molar-refractivity contribution in [3.63, 3.8) is 0 Å². The molecule has 16 heavy (non-hydrogen) atoms. The SMILES string of the molecule is CCOC(=O)CCC(=O)COC(C)COC. The molecule has 0 radical (unpaired) electrons. The molecule has 0 heterocycles. The molecule has 0 saturated carbocycles. The number of carbonyl (C=O) groups is 2. The first-order valence-electron chi connectivity index (χ1n) is 5.38. The maximum atomic E-state index is 11.3. The van der Waals surface area contributed by atoms with Gasteiger partial charge in [0.2, 0.25) is 0 Å². The van der Waals surface area contributed by atoms with E-state index in [1.54, 1.807) is 14.0 Å². The lowest BCUT2D eigenvalue weighted by Gasteiger charge is -2.10. The summed E-state index contributed by atoms with van der Waals surface area (Å²) in [4.78, 5) is 22.2. The zero-order chi connectivity index (χ0) is 12.4. The van der Waals surface area contributed by atoms with Crippen molar-refractivity contribution in [2.45, 2.75) is 32.8 Å². The van der Waals surface area contributed by atoms with E-state index in [-0.39, 0.29) is 37.3 Å². The van der Waals surface area contributed by atoms with E-state index in [0.717, 1.165) is 0 Å². The quantitative estimate of drug-likeness (QED) is 0.554. The summed E-state index contributed by atoms with van der Waals surface area (Å²) in [5.74, 6) is -0.447. The van der Waals surface area contributed by atoms with E-state index in [1.165, 1.54) is 0 Å². The van der Waals surface area contributed by atoms with Crippen LogP contribution in [0.2, 0.25) is 0 Å². The van der Waals surface area contributed by atoms with Crippen LogP contribution in [0.5, 0.6) is 0 Å². The van der Waals surface area contributed by atoms with Crippen molar-refractivity contribution in [3.05, 3.63) is 0 Å². The second kappa shape index (κ2) is 9.30. The predicted octanol–water partition coefficient (Wildman–Crippen LogP) is 0.950. The maximum absolute atomic E-state index is 11.3. The van der Waals surface area contributed by atoms with Crippen molar-refractivity contribution in [2.24, 2.45) is 0 Å². The molecule has 0 aromatic carbocycles. The average Bonchev–Trinajstić information content (AvgIpc) is 2.24. The highest BCUT2D eigenvalue weighted by atomic mass is 16.5. The number of hydrogen-bond acceptors (Lipinski definition) is 5. The molecule has 1 unspecified atom stereocenters. The van der Waals surface area contributed by atoms with Crippen LogP contribution >= 0.6 is 0 Å². The Kier molecular flexibility index (Phi) is 8.75. The minimum atomic E-state index is -0.346. The van der Waals surface area contributed by atoms with E-state index in [4.69, 9.17) is 14.2 Å². The van der Waals surface area contributed by atoms with Crippen molar-refractivity contribution in [1.29, 1.82) is 0 Å². The Bertz CT molecular complexity index is 214. The third kappa shape index (κ3) is 8.38. The van der Waals surface area contributed by atoms with Crippen molar-refractivity contribution < 1.29 is 23.8 Å². The van der Waals surface area contributed by atoms with Crippen molar-refractivity contribution in [3.8, 4) is 0 Å². The lowest BCUT2D eigenvalue weighted by Crippen LogP contribution is -2.20. The fourth-order valence-corrected chi connectivity index (χ4v) is 1.06. The minimum absolute atomic E-state index is 0.0178. The molecule has 0 aliphatic heterocycles. The van der Waals surface area contributed by atoms with Crippen LogP contribution < -0.4 is 0 Å². The van der Waals surface area contributed by atoms with Crippen LogP contribution in [-0.2, 0) is 23.8 Å². The van der Waals surface area contributed by atoms with E-state index in [9.17, 15) is 9.59 Å². The van der Waals surface area contributed by atoms with Gasteiger partial charge in [-0.05, 0) is 13.8 Å². The van der Waals surface area contributed by atoms with E-state index >= 15 is 0 Å². The third-order valence-electron chi connectivity index (χ3n) is 1.84. The van der Waals surface area contributed by atoms with Crippen LogP contribution in [0.1, 0.15) is 26.7 Å². The second-order valence-electron chi connectivity index (χ2n) is 3.42. The van der Waals surface area contributed by atoms with Gasteiger partial charge in [-0.15, -0.1) is 0 Å². The number of esters is 1. The molecule has 0 fully saturated rings. The first-order chi connectivity index (χ1) is 7.60. The van der Waals surface area contributed by atoms with Gasteiger partial charge in [-0.25, -0.2) is 0 Å². The number of rotatable bonds is 9. The molecule has 0 N–H and O–H groups in total. The number of ether oxygens (including phenoxy) is 3. The molecule has 1 atom stereocenters. The summed E-state index contributed by atoms with van der Waals surface area (Å²) in [5, 5.41) is 0. The van der Waals surface area contributed by atoms with Crippen LogP contribution in [0.15, 0.2) is 0 Å². The lowest BCUT2D eigenvalue weighted by atomic mass is 10.2. The standard InChI is InChI=1S/C11H20O5/c1-4-15-11(13)6-5-10(12)8-16-9(2)7-14-3/h9H,4-8H2,1-3H3. The molecule has 0 spiro atoms. The molecule has 0 amide bonds. The molecular weight excluding hydrogens is 212 g/mol. The summed E-state index contributed by atoms with van der Waals surface area (Å²) in [6.07, 6.45) is 0.171. The number of methoxy groups -OCH3 is 1. The first kappa shape index (κ1) is 15.1. The number of Topliss-reactive ketones (excluding diaryl/α,β-unsaturated/α-hetero) is 1. The van der Waals surface area contributed by atoms with Gasteiger partial charge in [-0.3, -0.25) is 9.59 Å². The van der Waals surface area contributed by atoms with Gasteiger partial charge >= 0.3 is 5.97 Å². The molecule has 0 bridgehead atoms. The Morgan fingerprint density at radius 1 is 1.25 bits per heavy atom. The molecule has 0 aromatic heterocycles. The fourth-order valence-electron chi connectivity index (χ4n) is 1.06. The van der Waals surface area contributed by atoms with Crippen molar-refractivity contribution in [2.75, 3.05) is 26.9 Å². The summed E-state index contributed by atoms with van der Waals surface area (Å²) in [6, 6.07) is 0. The Morgan fingerprint density at radius 2 is 1.94 bits per heavy atom. The smallest absolute Gasteiger partial charge is 0.306 e. The number of carbonyl (C=O) groups excluding carboxylic acids is 2. The van der Waals surface area contributed by atoms with Crippen molar-refractivity contribution in [1.82, 2.24) is 0 Å². The highest BCUT2D eigenvalue weighted by molar-refractivity contribution is 5.83. The molecule has 0 saturated heterocycles. The Morgan fingerprint density at radius 3 is 2.50 bits per heavy atom. The average molecular weight is 232 g/mol. The fraction of sp³-hybridized carbons (Fsp3) is 0.818. The largest absolute Gasteiger partial charge is 0.466 e. The van der Waals surface area contributed by atoms with Gasteiger partial charge < -0.3 is 14.2 Å². The van der Waals surface area contributed by atoms with Crippen molar-refractivity contribution >= 4 is 11.8 Å². The normalized spacial score (nSPS) is 12.2. The zero-order valence-corrected chi connectivity index (χ0v) is 10.2. The molecule has 5 nitrogen and oxygen atoms in total. The van der Waals surface area contributed by atoms with Gasteiger partial charge in [0.05, 0.1) is 25.7 Å². The molecule has 0 rings (SSSR count). The summed E-state index contributed by atoms with van der Waals surface area (Å²) in [7, 11) is 1.57. The summed E-state index contributed by atoms with van der Waals surface area (Å²) < 4.78 is 14.8. The third-order valence-corrected chi connectivity index (χ3v) is 1.84. The topological polar surface area (TPSA) is 61.8 Å². The molecule has 0 aliphatic rings. The highest BCUT2D eigenvalue weighted by Crippen LogP contribution is 1.97. The Balaban J connectivity index is 3.55. The van der Waals surface area contributed by atoms with E-state index < -0.39 is 0 Å². The van der Waals surface area contributed by atoms with Gasteiger partial charge in [-0.2, -0.15) is 0 Å². The van der Waals surface area contributed by atoms with E-state index in [0.29, 0.717) is 13.2 Å². The van der Waals surface area contributed by atoms with Gasteiger partial charge in [-0.1, -0.05) is 0 Å². The van der Waals surface area contributed by atoms with Crippen LogP contribution in [0.25, 0.3) is 0 Å². The summed E-state index contributed by atoms with van der Waals surface area (Å²) >= 11 is 0. The van der Waals surface area contributed by atoms with Gasteiger partial charge in [0.15, 0.2) is 5.78 Å². The van der Waals surface area contributed by atoms with Gasteiger partial charge in [0.1, 0.15) is 6.61 Å². The van der Waals surface area contributed by atoms with Crippen LogP contribution in [-0.4, -0.2) is 44.8 Å². The summed E-state index contributed by atoms with van der Waals surface area (Å²) in [6.45, 7) is 4.36. The lowest BCUT2D eigenvalue weighted by molar-refractivity contribution is -0.144. The second-order valence-corrected chi connectivity index (χ2v) is 3.42. The van der Waals surface area contributed by atoms with Crippen LogP contribution in [0.4, 0.5) is 0 Å². The molecule has 0 aromatic rings. The van der Waals surface area contributed by atoms with E-state index in [1.807, 2.05) is 6.92 Å². The zero-order valence-electron chi connectivity index (χ0n) is 10.2. The highest BCUT2D eigenvalue weighted by Gasteiger charge is 2.09. The Labute approximate surface area is 96.1 Å². The molecule has 94 valence electrons. The summed E-state index contributed by atoms with van der Waals surface area (Å²) in [5.41, 5.74) is 0.